The summed E-state index contributed by atoms with van der Waals surface area (Å²) in [4.78, 5) is 11.6. The quantitative estimate of drug-likeness (QED) is 0.826. The van der Waals surface area contributed by atoms with Crippen molar-refractivity contribution in [1.29, 1.82) is 0 Å². The van der Waals surface area contributed by atoms with Crippen LogP contribution >= 0.6 is 0 Å². The molecule has 1 unspecified atom stereocenters. The summed E-state index contributed by atoms with van der Waals surface area (Å²) in [6.45, 7) is 3.25. The Morgan fingerprint density at radius 1 is 1.40 bits per heavy atom. The monoisotopic (exact) mass is 210 g/mol. The van der Waals surface area contributed by atoms with Crippen LogP contribution in [-0.2, 0) is 11.2 Å². The molecule has 0 aromatic heterocycles. The number of halogens is 1. The highest BCUT2D eigenvalue weighted by atomic mass is 19.1. The van der Waals surface area contributed by atoms with E-state index >= 15 is 0 Å². The van der Waals surface area contributed by atoms with Crippen molar-refractivity contribution in [2.24, 2.45) is 0 Å². The van der Waals surface area contributed by atoms with E-state index in [2.05, 4.69) is 0 Å². The second-order valence-electron chi connectivity index (χ2n) is 3.85. The maximum absolute atomic E-state index is 12.6. The second kappa shape index (κ2) is 4.53. The normalized spacial score (nSPS) is 14.7. The van der Waals surface area contributed by atoms with Crippen LogP contribution in [0, 0.1) is 5.82 Å². The van der Waals surface area contributed by atoms with E-state index < -0.39 is 5.60 Å². The van der Waals surface area contributed by atoms with Crippen LogP contribution in [0.1, 0.15) is 25.8 Å². The molecule has 0 bridgehead atoms. The van der Waals surface area contributed by atoms with Crippen LogP contribution in [0.15, 0.2) is 24.3 Å². The first-order chi connectivity index (χ1) is 6.95. The highest BCUT2D eigenvalue weighted by Gasteiger charge is 2.27. The third kappa shape index (κ3) is 3.13. The Hall–Kier alpha value is -1.22. The molecule has 0 amide bonds. The standard InChI is InChI=1S/C12H15FO2/c1-3-12(2,15)11(14)8-9-4-6-10(13)7-5-9/h4-7,15H,3,8H2,1-2H3. The van der Waals surface area contributed by atoms with E-state index in [0.29, 0.717) is 6.42 Å². The number of hydrogen-bond acceptors (Lipinski definition) is 2. The van der Waals surface area contributed by atoms with Gasteiger partial charge in [-0.2, -0.15) is 0 Å². The molecule has 0 aliphatic rings. The first kappa shape index (κ1) is 11.9. The van der Waals surface area contributed by atoms with E-state index in [1.165, 1.54) is 19.1 Å². The number of hydrogen-bond donors (Lipinski definition) is 1. The third-order valence-corrected chi connectivity index (χ3v) is 2.57. The molecule has 0 saturated carbocycles. The lowest BCUT2D eigenvalue weighted by Gasteiger charge is -2.19. The Kier molecular flexibility index (Phi) is 3.58. The summed E-state index contributed by atoms with van der Waals surface area (Å²) in [5.41, 5.74) is -0.566. The smallest absolute Gasteiger partial charge is 0.168 e. The van der Waals surface area contributed by atoms with Gasteiger partial charge >= 0.3 is 0 Å². The van der Waals surface area contributed by atoms with Gasteiger partial charge in [0.1, 0.15) is 11.4 Å². The van der Waals surface area contributed by atoms with Crippen molar-refractivity contribution in [3.63, 3.8) is 0 Å². The predicted octanol–water partition coefficient (Wildman–Crippen LogP) is 2.10. The molecule has 2 nitrogen and oxygen atoms in total. The molecule has 0 aliphatic carbocycles. The Morgan fingerprint density at radius 3 is 2.40 bits per heavy atom. The molecule has 82 valence electrons. The molecule has 1 rings (SSSR count). The number of carbonyl (C=O) groups excluding carboxylic acids is 1. The molecule has 15 heavy (non-hydrogen) atoms. The van der Waals surface area contributed by atoms with Crippen molar-refractivity contribution in [2.75, 3.05) is 0 Å². The fourth-order valence-electron chi connectivity index (χ4n) is 1.18. The molecule has 0 radical (unpaired) electrons. The van der Waals surface area contributed by atoms with Gasteiger partial charge in [-0.1, -0.05) is 19.1 Å². The lowest BCUT2D eigenvalue weighted by molar-refractivity contribution is -0.135. The van der Waals surface area contributed by atoms with Crippen molar-refractivity contribution in [3.05, 3.63) is 35.6 Å². The number of carbonyl (C=O) groups is 1. The van der Waals surface area contributed by atoms with Crippen molar-refractivity contribution in [2.45, 2.75) is 32.3 Å². The van der Waals surface area contributed by atoms with Gasteiger partial charge in [-0.15, -0.1) is 0 Å². The molecule has 3 heteroatoms. The molecule has 0 spiro atoms. The molecule has 1 aromatic carbocycles. The Balaban J connectivity index is 2.71. The molecule has 0 fully saturated rings. The van der Waals surface area contributed by atoms with Gasteiger partial charge < -0.3 is 5.11 Å². The maximum atomic E-state index is 12.6. The van der Waals surface area contributed by atoms with Crippen molar-refractivity contribution in [1.82, 2.24) is 0 Å². The summed E-state index contributed by atoms with van der Waals surface area (Å²) in [5.74, 6) is -0.565. The minimum atomic E-state index is -1.28. The van der Waals surface area contributed by atoms with Crippen LogP contribution in [0.3, 0.4) is 0 Å². The lowest BCUT2D eigenvalue weighted by atomic mass is 9.93. The first-order valence-corrected chi connectivity index (χ1v) is 4.96. The SMILES string of the molecule is CCC(C)(O)C(=O)Cc1ccc(F)cc1. The maximum Gasteiger partial charge on any atom is 0.168 e. The fraction of sp³-hybridized carbons (Fsp3) is 0.417. The van der Waals surface area contributed by atoms with Gasteiger partial charge in [0.15, 0.2) is 5.78 Å². The molecule has 1 N–H and O–H groups in total. The Labute approximate surface area is 88.7 Å². The van der Waals surface area contributed by atoms with Gasteiger partial charge in [0.05, 0.1) is 0 Å². The molecule has 1 atom stereocenters. The number of rotatable bonds is 4. The summed E-state index contributed by atoms with van der Waals surface area (Å²) in [5, 5.41) is 9.68. The summed E-state index contributed by atoms with van der Waals surface area (Å²) in [7, 11) is 0. The summed E-state index contributed by atoms with van der Waals surface area (Å²) >= 11 is 0. The van der Waals surface area contributed by atoms with Gasteiger partial charge in [-0.25, -0.2) is 4.39 Å². The summed E-state index contributed by atoms with van der Waals surface area (Å²) < 4.78 is 12.6. The van der Waals surface area contributed by atoms with Crippen molar-refractivity contribution in [3.8, 4) is 0 Å². The molecule has 1 aromatic rings. The minimum Gasteiger partial charge on any atom is -0.382 e. The topological polar surface area (TPSA) is 37.3 Å². The number of aliphatic hydroxyl groups is 1. The van der Waals surface area contributed by atoms with Gasteiger partial charge in [-0.3, -0.25) is 4.79 Å². The number of ketones is 1. The van der Waals surface area contributed by atoms with Crippen LogP contribution in [0.4, 0.5) is 4.39 Å². The van der Waals surface area contributed by atoms with Gasteiger partial charge in [0.2, 0.25) is 0 Å². The Morgan fingerprint density at radius 2 is 1.93 bits per heavy atom. The summed E-state index contributed by atoms with van der Waals surface area (Å²) in [6.07, 6.45) is 0.522. The molecular formula is C12H15FO2. The van der Waals surface area contributed by atoms with Crippen LogP contribution in [-0.4, -0.2) is 16.5 Å². The average molecular weight is 210 g/mol. The molecule has 0 saturated heterocycles. The van der Waals surface area contributed by atoms with E-state index in [0.717, 1.165) is 5.56 Å². The van der Waals surface area contributed by atoms with E-state index in [-0.39, 0.29) is 18.0 Å². The fourth-order valence-corrected chi connectivity index (χ4v) is 1.18. The zero-order valence-electron chi connectivity index (χ0n) is 8.96. The summed E-state index contributed by atoms with van der Waals surface area (Å²) in [6, 6.07) is 5.73. The Bertz CT molecular complexity index is 341. The van der Waals surface area contributed by atoms with Crippen LogP contribution < -0.4 is 0 Å². The van der Waals surface area contributed by atoms with Gasteiger partial charge in [0.25, 0.3) is 0 Å². The van der Waals surface area contributed by atoms with Crippen LogP contribution in [0.2, 0.25) is 0 Å². The van der Waals surface area contributed by atoms with E-state index in [1.807, 2.05) is 0 Å². The number of benzene rings is 1. The van der Waals surface area contributed by atoms with E-state index in [9.17, 15) is 14.3 Å². The van der Waals surface area contributed by atoms with Crippen LogP contribution in [0.5, 0.6) is 0 Å². The third-order valence-electron chi connectivity index (χ3n) is 2.57. The zero-order valence-corrected chi connectivity index (χ0v) is 8.96. The highest BCUT2D eigenvalue weighted by Crippen LogP contribution is 2.14. The number of Topliss-reactive ketones (excluding diaryl/α,β-unsaturated/α-hetero) is 1. The van der Waals surface area contributed by atoms with Crippen molar-refractivity contribution >= 4 is 5.78 Å². The molecule has 0 heterocycles. The molecular weight excluding hydrogens is 195 g/mol. The molecule has 0 aliphatic heterocycles. The first-order valence-electron chi connectivity index (χ1n) is 4.96. The minimum absolute atomic E-state index is 0.140. The van der Waals surface area contributed by atoms with Gasteiger partial charge in [-0.05, 0) is 31.0 Å². The lowest BCUT2D eigenvalue weighted by Crippen LogP contribution is -2.35. The van der Waals surface area contributed by atoms with E-state index in [4.69, 9.17) is 0 Å². The zero-order chi connectivity index (χ0) is 11.5. The average Bonchev–Trinajstić information content (AvgIpc) is 2.21. The highest BCUT2D eigenvalue weighted by molar-refractivity contribution is 5.88. The van der Waals surface area contributed by atoms with Gasteiger partial charge in [0, 0.05) is 6.42 Å². The second-order valence-corrected chi connectivity index (χ2v) is 3.85. The van der Waals surface area contributed by atoms with Crippen molar-refractivity contribution < 1.29 is 14.3 Å². The van der Waals surface area contributed by atoms with E-state index in [1.54, 1.807) is 19.1 Å². The predicted molar refractivity (Wildman–Crippen MR) is 56.0 cm³/mol. The largest absolute Gasteiger partial charge is 0.382 e. The van der Waals surface area contributed by atoms with Crippen LogP contribution in [0.25, 0.3) is 0 Å².